The number of carbonyl (C=O) groups excluding carboxylic acids is 1. The second-order valence-electron chi connectivity index (χ2n) is 16.5. The first-order valence-corrected chi connectivity index (χ1v) is 25.2. The van der Waals surface area contributed by atoms with E-state index in [2.05, 4.69) is 33.0 Å². The van der Waals surface area contributed by atoms with Crippen LogP contribution in [0.1, 0.15) is 132 Å². The summed E-state index contributed by atoms with van der Waals surface area (Å²) >= 11 is 0. The lowest BCUT2D eigenvalue weighted by Gasteiger charge is -2.44. The van der Waals surface area contributed by atoms with Crippen molar-refractivity contribution in [2.75, 3.05) is 19.1 Å². The van der Waals surface area contributed by atoms with Gasteiger partial charge in [-0.15, -0.1) is 0 Å². The predicted molar refractivity (Wildman–Crippen MR) is 222 cm³/mol. The van der Waals surface area contributed by atoms with Gasteiger partial charge in [-0.05, 0) is 42.6 Å². The van der Waals surface area contributed by atoms with Crippen molar-refractivity contribution in [1.29, 1.82) is 0 Å². The van der Waals surface area contributed by atoms with E-state index in [1.807, 2.05) is 60.7 Å². The van der Waals surface area contributed by atoms with Crippen LogP contribution in [0, 0.1) is 0 Å². The average molecular weight is 812 g/mol. The molecule has 0 saturated carbocycles. The third kappa shape index (κ3) is 17.7. The monoisotopic (exact) mass is 811 g/mol. The molecular weight excluding hydrogens is 743 g/mol. The molecule has 3 atom stereocenters. The molecule has 0 aliphatic rings. The van der Waals surface area contributed by atoms with Gasteiger partial charge in [-0.2, -0.15) is 16.8 Å². The van der Waals surface area contributed by atoms with Crippen molar-refractivity contribution in [1.82, 2.24) is 5.32 Å². The fourth-order valence-electron chi connectivity index (χ4n) is 6.92. The quantitative estimate of drug-likeness (QED) is 0.0598. The topological polar surface area (TPSA) is 134 Å². The van der Waals surface area contributed by atoms with Gasteiger partial charge >= 0.3 is 6.09 Å². The summed E-state index contributed by atoms with van der Waals surface area (Å²) in [5.74, 6) is 0. The van der Waals surface area contributed by atoms with Gasteiger partial charge in [0.05, 0.1) is 25.2 Å². The van der Waals surface area contributed by atoms with E-state index >= 15 is 0 Å². The number of hydrogen-bond donors (Lipinski definition) is 1. The van der Waals surface area contributed by atoms with Crippen molar-refractivity contribution in [3.63, 3.8) is 0 Å². The van der Waals surface area contributed by atoms with Crippen molar-refractivity contribution in [2.45, 2.75) is 161 Å². The number of alkyl carbamates (subject to hydrolysis) is 1. The van der Waals surface area contributed by atoms with Crippen LogP contribution in [0.2, 0.25) is 5.04 Å². The lowest BCUT2D eigenvalue weighted by molar-refractivity contribution is 0.00738. The summed E-state index contributed by atoms with van der Waals surface area (Å²) in [6.07, 6.45) is 11.8. The third-order valence-electron chi connectivity index (χ3n) is 9.29. The largest absolute Gasteiger partial charge is 0.444 e. The Morgan fingerprint density at radius 1 is 0.667 bits per heavy atom. The van der Waals surface area contributed by atoms with Gasteiger partial charge in [0.25, 0.3) is 28.6 Å². The Morgan fingerprint density at radius 3 is 1.48 bits per heavy atom. The molecule has 0 bridgehead atoms. The predicted octanol–water partition coefficient (Wildman–Crippen LogP) is 8.24. The van der Waals surface area contributed by atoms with Crippen molar-refractivity contribution in [3.05, 3.63) is 60.7 Å². The number of rotatable bonds is 25. The van der Waals surface area contributed by atoms with Gasteiger partial charge in [-0.25, -0.2) is 4.79 Å². The fraction of sp³-hybridized carbons (Fsp3) is 0.683. The van der Waals surface area contributed by atoms with E-state index in [9.17, 15) is 21.6 Å². The molecule has 2 aromatic carbocycles. The second kappa shape index (κ2) is 22.4. The van der Waals surface area contributed by atoms with Crippen LogP contribution in [0.3, 0.4) is 0 Å². The molecule has 0 saturated heterocycles. The number of unbranched alkanes of at least 4 members (excludes halogenated alkanes) is 11. The maximum atomic E-state index is 13.4. The Bertz CT molecular complexity index is 1540. The molecule has 0 unspecified atom stereocenters. The van der Waals surface area contributed by atoms with Gasteiger partial charge in [-0.3, -0.25) is 8.37 Å². The highest BCUT2D eigenvalue weighted by Gasteiger charge is 2.51. The van der Waals surface area contributed by atoms with Crippen LogP contribution in [-0.4, -0.2) is 74.2 Å². The molecule has 13 heteroatoms. The zero-order valence-corrected chi connectivity index (χ0v) is 37.0. The highest BCUT2D eigenvalue weighted by molar-refractivity contribution is 7.86. The molecule has 308 valence electrons. The van der Waals surface area contributed by atoms with E-state index < -0.39 is 63.5 Å². The fourth-order valence-corrected chi connectivity index (χ4v) is 12.8. The number of hydrogen-bond acceptors (Lipinski definition) is 9. The summed E-state index contributed by atoms with van der Waals surface area (Å²) in [6, 6.07) is 18.6. The van der Waals surface area contributed by atoms with E-state index in [0.29, 0.717) is 6.42 Å². The lowest BCUT2D eigenvalue weighted by atomic mass is 9.99. The van der Waals surface area contributed by atoms with E-state index in [0.717, 1.165) is 48.6 Å². The Balaban J connectivity index is 2.48. The van der Waals surface area contributed by atoms with Crippen LogP contribution in [0.5, 0.6) is 0 Å². The maximum absolute atomic E-state index is 13.4. The lowest BCUT2D eigenvalue weighted by Crippen LogP contribution is -2.68. The third-order valence-corrected chi connectivity index (χ3v) is 15.5. The normalized spacial score (nSPS) is 14.7. The van der Waals surface area contributed by atoms with Crippen molar-refractivity contribution in [2.24, 2.45) is 0 Å². The zero-order chi connectivity index (χ0) is 40.5. The van der Waals surface area contributed by atoms with Crippen LogP contribution in [0.15, 0.2) is 60.7 Å². The Hall–Kier alpha value is -2.29. The molecule has 10 nitrogen and oxygen atoms in total. The van der Waals surface area contributed by atoms with Crippen LogP contribution in [0.25, 0.3) is 0 Å². The number of ether oxygens (including phenoxy) is 1. The van der Waals surface area contributed by atoms with Crippen LogP contribution < -0.4 is 15.7 Å². The van der Waals surface area contributed by atoms with Crippen LogP contribution >= 0.6 is 0 Å². The Kier molecular flexibility index (Phi) is 19.9. The van der Waals surface area contributed by atoms with Crippen molar-refractivity contribution >= 4 is 45.0 Å². The molecule has 0 aliphatic heterocycles. The summed E-state index contributed by atoms with van der Waals surface area (Å²) in [7, 11) is -11.5. The molecule has 1 amide bonds. The minimum atomic E-state index is -4.19. The Morgan fingerprint density at radius 2 is 1.09 bits per heavy atom. The summed E-state index contributed by atoms with van der Waals surface area (Å²) < 4.78 is 75.3. The molecule has 0 fully saturated rings. The van der Waals surface area contributed by atoms with Gasteiger partial charge in [0.15, 0.2) is 0 Å². The van der Waals surface area contributed by atoms with Crippen molar-refractivity contribution < 1.29 is 39.2 Å². The van der Waals surface area contributed by atoms with Gasteiger partial charge < -0.3 is 14.5 Å². The molecule has 0 heterocycles. The molecule has 1 N–H and O–H groups in total. The smallest absolute Gasteiger partial charge is 0.408 e. The molecule has 0 aliphatic carbocycles. The maximum Gasteiger partial charge on any atom is 0.408 e. The second-order valence-corrected chi connectivity index (χ2v) is 24.0. The molecule has 0 aromatic heterocycles. The molecule has 0 spiro atoms. The molecule has 54 heavy (non-hydrogen) atoms. The SMILES string of the molecule is CCCCCCCCCCCCCC[C@@H](OS(C)(=O)=O)[C@@H](OS(C)(=O)=O)[C@H](CO[Si](c1ccccc1)(c1ccccc1)C(C)(C)C)NC(=O)OC(C)(C)C. The number of benzene rings is 2. The van der Waals surface area contributed by atoms with Crippen molar-refractivity contribution in [3.8, 4) is 0 Å². The summed E-state index contributed by atoms with van der Waals surface area (Å²) in [5, 5.41) is 4.31. The minimum absolute atomic E-state index is 0.177. The first-order chi connectivity index (χ1) is 25.2. The van der Waals surface area contributed by atoms with Gasteiger partial charge in [0.2, 0.25) is 0 Å². The number of nitrogens with one attached hydrogen (secondary N) is 1. The summed E-state index contributed by atoms with van der Waals surface area (Å²) in [5.41, 5.74) is -0.877. The Labute approximate surface area is 328 Å². The van der Waals surface area contributed by atoms with E-state index in [4.69, 9.17) is 17.5 Å². The van der Waals surface area contributed by atoms with Gasteiger partial charge in [0, 0.05) is 0 Å². The van der Waals surface area contributed by atoms with Gasteiger partial charge in [0.1, 0.15) is 17.8 Å². The molecule has 2 rings (SSSR count). The first kappa shape index (κ1) is 47.9. The standard InChI is InChI=1S/C41H69NO9S2Si/c1-10-11-12-13-14-15-16-17-18-19-20-27-32-37(50-52(8,44)45)38(51-53(9,46)47)36(42-39(43)49-40(2,3)4)33-48-54(41(5,6)7,34-28-23-21-24-29-34)35-30-25-22-26-31-35/h21-26,28-31,36-38H,10-20,27,32-33H2,1-9H3,(H,42,43)/t36-,37+,38-/m0/s1. The molecular formula is C41H69NO9S2Si. The van der Waals surface area contributed by atoms with E-state index in [1.165, 1.54) is 44.9 Å². The summed E-state index contributed by atoms with van der Waals surface area (Å²) in [6.45, 7) is 13.4. The number of amides is 1. The van der Waals surface area contributed by atoms with E-state index in [-0.39, 0.29) is 13.0 Å². The molecule has 0 radical (unpaired) electrons. The van der Waals surface area contributed by atoms with Crippen LogP contribution in [-0.2, 0) is 37.8 Å². The minimum Gasteiger partial charge on any atom is -0.444 e. The van der Waals surface area contributed by atoms with Gasteiger partial charge in [-0.1, -0.05) is 165 Å². The zero-order valence-electron chi connectivity index (χ0n) is 34.4. The van der Waals surface area contributed by atoms with E-state index in [1.54, 1.807) is 20.8 Å². The first-order valence-electron chi connectivity index (χ1n) is 19.7. The highest BCUT2D eigenvalue weighted by Crippen LogP contribution is 2.37. The summed E-state index contributed by atoms with van der Waals surface area (Å²) in [4.78, 5) is 13.4. The number of carbonyl (C=O) groups is 1. The average Bonchev–Trinajstić information content (AvgIpc) is 3.05. The van der Waals surface area contributed by atoms with Crippen LogP contribution in [0.4, 0.5) is 4.79 Å². The molecule has 2 aromatic rings. The highest BCUT2D eigenvalue weighted by atomic mass is 32.2.